The molecule has 0 aromatic carbocycles. The van der Waals surface area contributed by atoms with Gasteiger partial charge < -0.3 is 5.32 Å². The summed E-state index contributed by atoms with van der Waals surface area (Å²) < 4.78 is 0. The van der Waals surface area contributed by atoms with Gasteiger partial charge in [-0.25, -0.2) is 0 Å². The molecule has 1 N–H and O–H groups in total. The molecular formula is C14H24N2. The normalized spacial score (nSPS) is 32.9. The zero-order valence-corrected chi connectivity index (χ0v) is 10.3. The van der Waals surface area contributed by atoms with E-state index in [4.69, 9.17) is 5.26 Å². The number of nitrogens with one attached hydrogen (secondary N) is 1. The third-order valence-corrected chi connectivity index (χ3v) is 4.24. The fourth-order valence-corrected chi connectivity index (χ4v) is 3.17. The molecule has 0 bridgehead atoms. The lowest BCUT2D eigenvalue weighted by atomic mass is 9.86. The molecular weight excluding hydrogens is 196 g/mol. The molecule has 0 aromatic rings. The summed E-state index contributed by atoms with van der Waals surface area (Å²) in [6.45, 7) is 0. The molecule has 0 aromatic heterocycles. The van der Waals surface area contributed by atoms with Crippen LogP contribution in [0.1, 0.15) is 64.2 Å². The van der Waals surface area contributed by atoms with Crippen LogP contribution in [0.2, 0.25) is 0 Å². The fraction of sp³-hybridized carbons (Fsp3) is 0.929. The molecule has 0 aliphatic heterocycles. The molecule has 2 aliphatic rings. The molecule has 0 spiro atoms. The van der Waals surface area contributed by atoms with Crippen molar-refractivity contribution in [2.24, 2.45) is 5.92 Å². The maximum absolute atomic E-state index is 8.87. The van der Waals surface area contributed by atoms with Gasteiger partial charge in [-0.1, -0.05) is 25.7 Å². The van der Waals surface area contributed by atoms with E-state index in [1.54, 1.807) is 0 Å². The molecule has 2 rings (SSSR count). The highest BCUT2D eigenvalue weighted by Crippen LogP contribution is 2.25. The summed E-state index contributed by atoms with van der Waals surface area (Å²) in [4.78, 5) is 0. The quantitative estimate of drug-likeness (QED) is 0.724. The first kappa shape index (κ1) is 11.9. The molecule has 0 saturated heterocycles. The Balaban J connectivity index is 1.71. The van der Waals surface area contributed by atoms with Crippen LogP contribution in [-0.4, -0.2) is 12.1 Å². The highest BCUT2D eigenvalue weighted by atomic mass is 14.9. The average Bonchev–Trinajstić information content (AvgIpc) is 2.59. The molecule has 2 saturated carbocycles. The third-order valence-electron chi connectivity index (χ3n) is 4.24. The Kier molecular flexibility index (Phi) is 4.66. The standard InChI is InChI=1S/C14H24N2/c15-11-12-7-9-14(10-8-12)16-13-5-3-1-2-4-6-13/h12-14,16H,1-10H2. The second-order valence-electron chi connectivity index (χ2n) is 5.53. The van der Waals surface area contributed by atoms with Crippen LogP contribution in [0.4, 0.5) is 0 Å². The van der Waals surface area contributed by atoms with E-state index in [0.29, 0.717) is 12.0 Å². The van der Waals surface area contributed by atoms with Gasteiger partial charge >= 0.3 is 0 Å². The van der Waals surface area contributed by atoms with E-state index in [1.807, 2.05) is 0 Å². The Morgan fingerprint density at radius 2 is 1.31 bits per heavy atom. The summed E-state index contributed by atoms with van der Waals surface area (Å²) in [5.41, 5.74) is 0. The number of nitriles is 1. The van der Waals surface area contributed by atoms with Crippen molar-refractivity contribution in [2.45, 2.75) is 76.3 Å². The minimum absolute atomic E-state index is 0.340. The van der Waals surface area contributed by atoms with E-state index < -0.39 is 0 Å². The highest BCUT2D eigenvalue weighted by Gasteiger charge is 2.23. The number of nitrogens with zero attached hydrogens (tertiary/aromatic N) is 1. The molecule has 0 atom stereocenters. The zero-order chi connectivity index (χ0) is 11.2. The van der Waals surface area contributed by atoms with Gasteiger partial charge in [-0.15, -0.1) is 0 Å². The second-order valence-corrected chi connectivity index (χ2v) is 5.53. The van der Waals surface area contributed by atoms with E-state index >= 15 is 0 Å². The van der Waals surface area contributed by atoms with Gasteiger partial charge in [0.15, 0.2) is 0 Å². The van der Waals surface area contributed by atoms with Crippen LogP contribution in [0, 0.1) is 17.2 Å². The molecule has 2 heteroatoms. The summed E-state index contributed by atoms with van der Waals surface area (Å²) in [5, 5.41) is 12.7. The first-order chi connectivity index (χ1) is 7.88. The van der Waals surface area contributed by atoms with Crippen molar-refractivity contribution >= 4 is 0 Å². The van der Waals surface area contributed by atoms with Gasteiger partial charge in [0.25, 0.3) is 0 Å². The largest absolute Gasteiger partial charge is 0.311 e. The minimum Gasteiger partial charge on any atom is -0.311 e. The monoisotopic (exact) mass is 220 g/mol. The highest BCUT2D eigenvalue weighted by molar-refractivity contribution is 4.90. The van der Waals surface area contributed by atoms with Gasteiger partial charge in [0.05, 0.1) is 6.07 Å². The van der Waals surface area contributed by atoms with Gasteiger partial charge in [-0.2, -0.15) is 5.26 Å². The Labute approximate surface area is 99.4 Å². The van der Waals surface area contributed by atoms with Crippen molar-refractivity contribution in [2.75, 3.05) is 0 Å². The third kappa shape index (κ3) is 3.49. The number of rotatable bonds is 2. The SMILES string of the molecule is N#CC1CCC(NC2CCCCCC2)CC1. The van der Waals surface area contributed by atoms with Crippen LogP contribution in [0.3, 0.4) is 0 Å². The average molecular weight is 220 g/mol. The molecule has 0 amide bonds. The summed E-state index contributed by atoms with van der Waals surface area (Å²) in [6, 6.07) is 3.88. The number of hydrogen-bond donors (Lipinski definition) is 1. The van der Waals surface area contributed by atoms with Crippen molar-refractivity contribution in [1.29, 1.82) is 5.26 Å². The van der Waals surface area contributed by atoms with Gasteiger partial charge in [-0.3, -0.25) is 0 Å². The predicted octanol–water partition coefficient (Wildman–Crippen LogP) is 3.38. The Hall–Kier alpha value is -0.550. The van der Waals surface area contributed by atoms with Crippen molar-refractivity contribution < 1.29 is 0 Å². The lowest BCUT2D eigenvalue weighted by molar-refractivity contribution is 0.294. The van der Waals surface area contributed by atoms with Crippen LogP contribution < -0.4 is 5.32 Å². The maximum Gasteiger partial charge on any atom is 0.0655 e. The first-order valence-corrected chi connectivity index (χ1v) is 7.04. The predicted molar refractivity (Wildman–Crippen MR) is 66.0 cm³/mol. The van der Waals surface area contributed by atoms with Crippen molar-refractivity contribution in [3.8, 4) is 6.07 Å². The molecule has 90 valence electrons. The molecule has 0 radical (unpaired) electrons. The second kappa shape index (κ2) is 6.25. The van der Waals surface area contributed by atoms with E-state index in [1.165, 1.54) is 51.4 Å². The smallest absolute Gasteiger partial charge is 0.0655 e. The first-order valence-electron chi connectivity index (χ1n) is 7.04. The zero-order valence-electron chi connectivity index (χ0n) is 10.3. The molecule has 2 nitrogen and oxygen atoms in total. The Morgan fingerprint density at radius 3 is 1.88 bits per heavy atom. The van der Waals surface area contributed by atoms with E-state index in [-0.39, 0.29) is 0 Å². The van der Waals surface area contributed by atoms with Crippen LogP contribution in [0.15, 0.2) is 0 Å². The van der Waals surface area contributed by atoms with Gasteiger partial charge in [0.2, 0.25) is 0 Å². The number of hydrogen-bond acceptors (Lipinski definition) is 2. The van der Waals surface area contributed by atoms with Crippen LogP contribution in [0.5, 0.6) is 0 Å². The van der Waals surface area contributed by atoms with Crippen molar-refractivity contribution in [3.05, 3.63) is 0 Å². The van der Waals surface area contributed by atoms with Crippen molar-refractivity contribution in [1.82, 2.24) is 5.32 Å². The van der Waals surface area contributed by atoms with Crippen LogP contribution >= 0.6 is 0 Å². The van der Waals surface area contributed by atoms with Crippen molar-refractivity contribution in [3.63, 3.8) is 0 Å². The van der Waals surface area contributed by atoms with Crippen LogP contribution in [-0.2, 0) is 0 Å². The summed E-state index contributed by atoms with van der Waals surface area (Å²) in [7, 11) is 0. The van der Waals surface area contributed by atoms with Crippen LogP contribution in [0.25, 0.3) is 0 Å². The maximum atomic E-state index is 8.87. The van der Waals surface area contributed by atoms with E-state index in [0.717, 1.165) is 18.9 Å². The molecule has 0 unspecified atom stereocenters. The van der Waals surface area contributed by atoms with Gasteiger partial charge in [0, 0.05) is 18.0 Å². The Bertz CT molecular complexity index is 228. The van der Waals surface area contributed by atoms with Gasteiger partial charge in [0.1, 0.15) is 0 Å². The van der Waals surface area contributed by atoms with E-state index in [2.05, 4.69) is 11.4 Å². The molecule has 2 aliphatic carbocycles. The molecule has 16 heavy (non-hydrogen) atoms. The Morgan fingerprint density at radius 1 is 0.750 bits per heavy atom. The van der Waals surface area contributed by atoms with Gasteiger partial charge in [-0.05, 0) is 38.5 Å². The van der Waals surface area contributed by atoms with E-state index in [9.17, 15) is 0 Å². The lowest BCUT2D eigenvalue weighted by Gasteiger charge is -2.29. The fourth-order valence-electron chi connectivity index (χ4n) is 3.17. The minimum atomic E-state index is 0.340. The molecule has 2 fully saturated rings. The summed E-state index contributed by atoms with van der Waals surface area (Å²) >= 11 is 0. The summed E-state index contributed by atoms with van der Waals surface area (Å²) in [5.74, 6) is 0.340. The molecule has 0 heterocycles. The summed E-state index contributed by atoms with van der Waals surface area (Å²) in [6.07, 6.45) is 13.1. The topological polar surface area (TPSA) is 35.8 Å². The lowest BCUT2D eigenvalue weighted by Crippen LogP contribution is -2.40.